The van der Waals surface area contributed by atoms with Crippen molar-refractivity contribution in [3.63, 3.8) is 0 Å². The van der Waals surface area contributed by atoms with E-state index in [2.05, 4.69) is 28.4 Å². The Balaban J connectivity index is 1.95. The maximum Gasteiger partial charge on any atom is 0.243 e. The molecule has 1 aromatic heterocycles. The van der Waals surface area contributed by atoms with Crippen LogP contribution in [0.15, 0.2) is 34.9 Å². The van der Waals surface area contributed by atoms with E-state index in [4.69, 9.17) is 9.26 Å². The summed E-state index contributed by atoms with van der Waals surface area (Å²) >= 11 is 4.06. The Bertz CT molecular complexity index is 700. The van der Waals surface area contributed by atoms with E-state index >= 15 is 0 Å². The molecule has 1 atom stereocenters. The van der Waals surface area contributed by atoms with Crippen molar-refractivity contribution in [3.05, 3.63) is 36.1 Å². The Kier molecular flexibility index (Phi) is 6.25. The molecule has 0 aliphatic heterocycles. The van der Waals surface area contributed by atoms with Gasteiger partial charge in [0.15, 0.2) is 5.76 Å². The number of nitrogens with one attached hydrogen (secondary N) is 2. The quantitative estimate of drug-likeness (QED) is 0.657. The van der Waals surface area contributed by atoms with Gasteiger partial charge >= 0.3 is 0 Å². The number of amides is 2. The van der Waals surface area contributed by atoms with Crippen LogP contribution in [-0.2, 0) is 16.1 Å². The first kappa shape index (κ1) is 17.9. The zero-order valence-corrected chi connectivity index (χ0v) is 14.3. The van der Waals surface area contributed by atoms with Crippen molar-refractivity contribution in [1.82, 2.24) is 15.8 Å². The number of ether oxygens (including phenoxy) is 1. The van der Waals surface area contributed by atoms with Crippen LogP contribution in [-0.4, -0.2) is 35.9 Å². The maximum absolute atomic E-state index is 12.0. The normalized spacial score (nSPS) is 11.6. The van der Waals surface area contributed by atoms with E-state index in [0.717, 1.165) is 11.3 Å². The third kappa shape index (κ3) is 4.76. The summed E-state index contributed by atoms with van der Waals surface area (Å²) in [5.41, 5.74) is 1.54. The van der Waals surface area contributed by atoms with Gasteiger partial charge in [0.25, 0.3) is 0 Å². The van der Waals surface area contributed by atoms with Gasteiger partial charge in [-0.2, -0.15) is 12.6 Å². The molecule has 7 nitrogen and oxygen atoms in total. The van der Waals surface area contributed by atoms with Crippen molar-refractivity contribution in [2.24, 2.45) is 0 Å². The summed E-state index contributed by atoms with van der Waals surface area (Å²) in [6.45, 7) is 1.52. The SMILES string of the molecule is COc1ccc(-c2cc(CNC(=O)[C@H](CS)NC(C)=O)on2)cc1. The number of hydrogen-bond acceptors (Lipinski definition) is 6. The molecule has 0 aliphatic carbocycles. The van der Waals surface area contributed by atoms with Crippen LogP contribution in [0.25, 0.3) is 11.3 Å². The molecule has 0 unspecified atom stereocenters. The molecule has 0 saturated heterocycles. The van der Waals surface area contributed by atoms with Crippen molar-refractivity contribution in [2.75, 3.05) is 12.9 Å². The number of hydrogen-bond donors (Lipinski definition) is 3. The van der Waals surface area contributed by atoms with Gasteiger partial charge in [0.1, 0.15) is 17.5 Å². The molecule has 2 N–H and O–H groups in total. The van der Waals surface area contributed by atoms with Crippen LogP contribution in [0, 0.1) is 0 Å². The average Bonchev–Trinajstić information content (AvgIpc) is 3.06. The number of benzene rings is 1. The van der Waals surface area contributed by atoms with Gasteiger partial charge in [0.05, 0.1) is 13.7 Å². The van der Waals surface area contributed by atoms with E-state index in [0.29, 0.717) is 11.5 Å². The first-order chi connectivity index (χ1) is 11.5. The van der Waals surface area contributed by atoms with Crippen LogP contribution in [0.5, 0.6) is 5.75 Å². The summed E-state index contributed by atoms with van der Waals surface area (Å²) in [4.78, 5) is 23.0. The molecule has 2 amide bonds. The van der Waals surface area contributed by atoms with Gasteiger partial charge in [-0.1, -0.05) is 5.16 Å². The van der Waals surface area contributed by atoms with Crippen LogP contribution >= 0.6 is 12.6 Å². The molecule has 8 heteroatoms. The van der Waals surface area contributed by atoms with Gasteiger partial charge in [-0.25, -0.2) is 0 Å². The molecule has 0 spiro atoms. The maximum atomic E-state index is 12.0. The van der Waals surface area contributed by atoms with Gasteiger partial charge in [-0.15, -0.1) is 0 Å². The molecule has 0 radical (unpaired) electrons. The standard InChI is InChI=1S/C16H19N3O4S/c1-10(20)18-15(9-24)16(21)17-8-13-7-14(19-23-13)11-3-5-12(22-2)6-4-11/h3-7,15,24H,8-9H2,1-2H3,(H,17,21)(H,18,20)/t15-/m0/s1. The predicted octanol–water partition coefficient (Wildman–Crippen LogP) is 1.40. The molecule has 128 valence electrons. The third-order valence-electron chi connectivity index (χ3n) is 3.26. The van der Waals surface area contributed by atoms with Crippen molar-refractivity contribution in [3.8, 4) is 17.0 Å². The van der Waals surface area contributed by atoms with E-state index in [1.54, 1.807) is 13.2 Å². The average molecular weight is 349 g/mol. The molecule has 0 fully saturated rings. The summed E-state index contributed by atoms with van der Waals surface area (Å²) < 4.78 is 10.3. The van der Waals surface area contributed by atoms with E-state index in [1.165, 1.54) is 6.92 Å². The fraction of sp³-hybridized carbons (Fsp3) is 0.312. The molecular formula is C16H19N3O4S. The summed E-state index contributed by atoms with van der Waals surface area (Å²) in [5, 5.41) is 9.19. The van der Waals surface area contributed by atoms with Crippen molar-refractivity contribution >= 4 is 24.4 Å². The molecule has 1 aromatic carbocycles. The largest absolute Gasteiger partial charge is 0.497 e. The summed E-state index contributed by atoms with van der Waals surface area (Å²) in [6, 6.07) is 8.46. The highest BCUT2D eigenvalue weighted by atomic mass is 32.1. The topological polar surface area (TPSA) is 93.5 Å². The number of thiol groups is 1. The molecule has 2 rings (SSSR count). The second-order valence-electron chi connectivity index (χ2n) is 5.06. The summed E-state index contributed by atoms with van der Waals surface area (Å²) in [7, 11) is 1.60. The highest BCUT2D eigenvalue weighted by molar-refractivity contribution is 7.80. The Morgan fingerprint density at radius 3 is 2.62 bits per heavy atom. The molecule has 1 heterocycles. The minimum absolute atomic E-state index is 0.172. The van der Waals surface area contributed by atoms with E-state index < -0.39 is 6.04 Å². The van der Waals surface area contributed by atoms with Crippen molar-refractivity contribution < 1.29 is 18.8 Å². The van der Waals surface area contributed by atoms with Gasteiger partial charge in [-0.05, 0) is 24.3 Å². The monoisotopic (exact) mass is 349 g/mol. The lowest BCUT2D eigenvalue weighted by Crippen LogP contribution is -2.47. The zero-order chi connectivity index (χ0) is 17.5. The predicted molar refractivity (Wildman–Crippen MR) is 91.8 cm³/mol. The smallest absolute Gasteiger partial charge is 0.243 e. The second kappa shape index (κ2) is 8.39. The van der Waals surface area contributed by atoms with Crippen LogP contribution in [0.1, 0.15) is 12.7 Å². The Hall–Kier alpha value is -2.48. The Morgan fingerprint density at radius 2 is 2.04 bits per heavy atom. The number of rotatable bonds is 7. The first-order valence-electron chi connectivity index (χ1n) is 7.29. The van der Waals surface area contributed by atoms with Gasteiger partial charge in [0.2, 0.25) is 11.8 Å². The number of carbonyl (C=O) groups is 2. The summed E-state index contributed by atoms with van der Waals surface area (Å²) in [6.07, 6.45) is 0. The highest BCUT2D eigenvalue weighted by Crippen LogP contribution is 2.22. The van der Waals surface area contributed by atoms with Gasteiger partial charge in [0, 0.05) is 24.3 Å². The highest BCUT2D eigenvalue weighted by Gasteiger charge is 2.18. The first-order valence-corrected chi connectivity index (χ1v) is 7.92. The van der Waals surface area contributed by atoms with Crippen molar-refractivity contribution in [1.29, 1.82) is 0 Å². The Morgan fingerprint density at radius 1 is 1.33 bits per heavy atom. The third-order valence-corrected chi connectivity index (χ3v) is 3.62. The fourth-order valence-corrected chi connectivity index (χ4v) is 2.29. The lowest BCUT2D eigenvalue weighted by molar-refractivity contribution is -0.127. The van der Waals surface area contributed by atoms with Crippen molar-refractivity contribution in [2.45, 2.75) is 19.5 Å². The molecule has 0 bridgehead atoms. The number of aromatic nitrogens is 1. The lowest BCUT2D eigenvalue weighted by atomic mass is 10.1. The number of methoxy groups -OCH3 is 1. The van der Waals surface area contributed by atoms with E-state index in [9.17, 15) is 9.59 Å². The minimum Gasteiger partial charge on any atom is -0.497 e. The van der Waals surface area contributed by atoms with Crippen LogP contribution in [0.2, 0.25) is 0 Å². The van der Waals surface area contributed by atoms with Gasteiger partial charge < -0.3 is 19.9 Å². The molecule has 2 aromatic rings. The summed E-state index contributed by atoms with van der Waals surface area (Å²) in [5.74, 6) is 0.854. The number of carbonyl (C=O) groups excluding carboxylic acids is 2. The number of nitrogens with zero attached hydrogens (tertiary/aromatic N) is 1. The van der Waals surface area contributed by atoms with Gasteiger partial charge in [-0.3, -0.25) is 9.59 Å². The molecule has 24 heavy (non-hydrogen) atoms. The Labute approximate surface area is 145 Å². The molecule has 0 saturated carbocycles. The fourth-order valence-electron chi connectivity index (χ4n) is 2.03. The molecular weight excluding hydrogens is 330 g/mol. The minimum atomic E-state index is -0.685. The zero-order valence-electron chi connectivity index (χ0n) is 13.4. The lowest BCUT2D eigenvalue weighted by Gasteiger charge is -2.14. The van der Waals surface area contributed by atoms with E-state index in [1.807, 2.05) is 24.3 Å². The van der Waals surface area contributed by atoms with E-state index in [-0.39, 0.29) is 24.1 Å². The van der Waals surface area contributed by atoms with Crippen LogP contribution in [0.3, 0.4) is 0 Å². The molecule has 0 aliphatic rings. The second-order valence-corrected chi connectivity index (χ2v) is 5.43. The van der Waals surface area contributed by atoms with Crippen LogP contribution in [0.4, 0.5) is 0 Å². The van der Waals surface area contributed by atoms with Crippen LogP contribution < -0.4 is 15.4 Å².